The van der Waals surface area contributed by atoms with E-state index < -0.39 is 0 Å². The molecule has 3 rings (SSSR count). The Morgan fingerprint density at radius 3 is 2.55 bits per heavy atom. The van der Waals surface area contributed by atoms with E-state index in [0.29, 0.717) is 17.7 Å². The predicted molar refractivity (Wildman–Crippen MR) is 123 cm³/mol. The lowest BCUT2D eigenvalue weighted by atomic mass is 9.73. The largest absolute Gasteiger partial charge is 0.459 e. The van der Waals surface area contributed by atoms with Crippen LogP contribution in [0.25, 0.3) is 0 Å². The van der Waals surface area contributed by atoms with Crippen molar-refractivity contribution in [3.63, 3.8) is 0 Å². The summed E-state index contributed by atoms with van der Waals surface area (Å²) in [6.07, 6.45) is 8.87. The number of carbonyl (C=O) groups excluding carboxylic acids is 1. The molecule has 0 spiro atoms. The van der Waals surface area contributed by atoms with E-state index in [1.54, 1.807) is 12.3 Å². The molecule has 1 aliphatic carbocycles. The second kappa shape index (κ2) is 12.1. The summed E-state index contributed by atoms with van der Waals surface area (Å²) >= 11 is 0. The minimum Gasteiger partial charge on any atom is -0.459 e. The molecular weight excluding hydrogens is 394 g/mol. The predicted octanol–water partition coefficient (Wildman–Crippen LogP) is 2.16. The molecule has 8 heteroatoms. The first-order chi connectivity index (χ1) is 15.1. The number of hydrogen-bond donors (Lipinski definition) is 3. The quantitative estimate of drug-likeness (QED) is 0.314. The Balaban J connectivity index is 1.38. The van der Waals surface area contributed by atoms with E-state index >= 15 is 0 Å². The first kappa shape index (κ1) is 23.6. The van der Waals surface area contributed by atoms with E-state index in [4.69, 9.17) is 9.15 Å². The fourth-order valence-electron chi connectivity index (χ4n) is 4.60. The van der Waals surface area contributed by atoms with Crippen LogP contribution < -0.4 is 16.0 Å². The average molecular weight is 434 g/mol. The minimum absolute atomic E-state index is 0.160. The molecule has 1 amide bonds. The third kappa shape index (κ3) is 7.25. The van der Waals surface area contributed by atoms with Gasteiger partial charge in [-0.15, -0.1) is 0 Å². The lowest BCUT2D eigenvalue weighted by molar-refractivity contribution is 0.00820. The third-order valence-electron chi connectivity index (χ3n) is 6.43. The van der Waals surface area contributed by atoms with Gasteiger partial charge in [-0.25, -0.2) is 0 Å². The van der Waals surface area contributed by atoms with Gasteiger partial charge in [0.1, 0.15) is 0 Å². The molecule has 3 N–H and O–H groups in total. The summed E-state index contributed by atoms with van der Waals surface area (Å²) in [5.41, 5.74) is 1.16. The van der Waals surface area contributed by atoms with Crippen molar-refractivity contribution in [3.05, 3.63) is 23.7 Å². The van der Waals surface area contributed by atoms with Crippen molar-refractivity contribution in [2.75, 3.05) is 59.5 Å². The summed E-state index contributed by atoms with van der Waals surface area (Å²) < 4.78 is 10.8. The zero-order valence-electron chi connectivity index (χ0n) is 19.2. The number of ether oxygens (including phenoxy) is 1. The van der Waals surface area contributed by atoms with Gasteiger partial charge in [-0.3, -0.25) is 14.7 Å². The SMILES string of the molecule is CN=C(NCCCNC(=O)c1occc1C)NCC1(CN2CCOCC2)CCCCC1. The lowest BCUT2D eigenvalue weighted by Gasteiger charge is -2.42. The van der Waals surface area contributed by atoms with Crippen molar-refractivity contribution in [3.8, 4) is 0 Å². The number of morpholine rings is 1. The van der Waals surface area contributed by atoms with Crippen LogP contribution in [-0.2, 0) is 4.74 Å². The van der Waals surface area contributed by atoms with Gasteiger partial charge in [0.25, 0.3) is 5.91 Å². The van der Waals surface area contributed by atoms with Crippen molar-refractivity contribution >= 4 is 11.9 Å². The molecule has 1 saturated heterocycles. The Labute approximate surface area is 186 Å². The zero-order chi connectivity index (χ0) is 21.9. The molecule has 0 bridgehead atoms. The highest BCUT2D eigenvalue weighted by atomic mass is 16.5. The van der Waals surface area contributed by atoms with Crippen molar-refractivity contribution < 1.29 is 13.9 Å². The maximum atomic E-state index is 12.1. The maximum absolute atomic E-state index is 12.1. The summed E-state index contributed by atoms with van der Waals surface area (Å²) in [6.45, 7) is 9.06. The summed E-state index contributed by atoms with van der Waals surface area (Å²) in [4.78, 5) is 19.0. The number of nitrogens with zero attached hydrogens (tertiary/aromatic N) is 2. The van der Waals surface area contributed by atoms with Gasteiger partial charge in [0.2, 0.25) is 0 Å². The molecule has 0 unspecified atom stereocenters. The van der Waals surface area contributed by atoms with E-state index in [0.717, 1.165) is 63.9 Å². The highest BCUT2D eigenvalue weighted by molar-refractivity contribution is 5.92. The second-order valence-corrected chi connectivity index (χ2v) is 8.84. The second-order valence-electron chi connectivity index (χ2n) is 8.84. The molecule has 8 nitrogen and oxygen atoms in total. The number of amides is 1. The van der Waals surface area contributed by atoms with Crippen LogP contribution in [-0.4, -0.2) is 76.3 Å². The van der Waals surface area contributed by atoms with Crippen LogP contribution >= 0.6 is 0 Å². The Kier molecular flexibility index (Phi) is 9.21. The van der Waals surface area contributed by atoms with Crippen LogP contribution in [0.4, 0.5) is 0 Å². The van der Waals surface area contributed by atoms with Gasteiger partial charge in [-0.2, -0.15) is 0 Å². The average Bonchev–Trinajstić information content (AvgIpc) is 3.23. The molecule has 1 aliphatic heterocycles. The number of carbonyl (C=O) groups is 1. The normalized spacial score (nSPS) is 19.7. The van der Waals surface area contributed by atoms with Crippen LogP contribution in [0.2, 0.25) is 0 Å². The van der Waals surface area contributed by atoms with Gasteiger partial charge in [-0.05, 0) is 32.3 Å². The Morgan fingerprint density at radius 2 is 1.87 bits per heavy atom. The molecule has 174 valence electrons. The monoisotopic (exact) mass is 433 g/mol. The molecule has 31 heavy (non-hydrogen) atoms. The van der Waals surface area contributed by atoms with Gasteiger partial charge in [0, 0.05) is 57.3 Å². The van der Waals surface area contributed by atoms with Gasteiger partial charge in [0.15, 0.2) is 11.7 Å². The van der Waals surface area contributed by atoms with Gasteiger partial charge in [-0.1, -0.05) is 19.3 Å². The van der Waals surface area contributed by atoms with E-state index in [1.807, 2.05) is 14.0 Å². The number of guanidine groups is 1. The van der Waals surface area contributed by atoms with Crippen molar-refractivity contribution in [2.24, 2.45) is 10.4 Å². The fraction of sp³-hybridized carbons (Fsp3) is 0.739. The van der Waals surface area contributed by atoms with Crippen molar-refractivity contribution in [1.29, 1.82) is 0 Å². The van der Waals surface area contributed by atoms with Crippen LogP contribution in [0.3, 0.4) is 0 Å². The standard InChI is InChI=1S/C23H39N5O3/c1-19-7-14-31-20(19)21(29)25-10-6-11-26-22(24-2)27-17-23(8-4-3-5-9-23)18-28-12-15-30-16-13-28/h7,14H,3-6,8-13,15-18H2,1-2H3,(H,25,29)(H2,24,26,27). The van der Waals surface area contributed by atoms with Gasteiger partial charge >= 0.3 is 0 Å². The van der Waals surface area contributed by atoms with Gasteiger partial charge in [0.05, 0.1) is 19.5 Å². The summed E-state index contributed by atoms with van der Waals surface area (Å²) in [7, 11) is 1.81. The number of hydrogen-bond acceptors (Lipinski definition) is 5. The van der Waals surface area contributed by atoms with Crippen LogP contribution in [0.15, 0.2) is 21.7 Å². The Hall–Kier alpha value is -2.06. The first-order valence-corrected chi connectivity index (χ1v) is 11.7. The Bertz CT molecular complexity index is 706. The molecule has 0 aromatic carbocycles. The van der Waals surface area contributed by atoms with Crippen molar-refractivity contribution in [1.82, 2.24) is 20.9 Å². The molecule has 2 aliphatic rings. The van der Waals surface area contributed by atoms with Crippen LogP contribution in [0.5, 0.6) is 0 Å². The van der Waals surface area contributed by atoms with Crippen LogP contribution in [0, 0.1) is 12.3 Å². The number of aryl methyl sites for hydroxylation is 1. The molecule has 0 radical (unpaired) electrons. The number of rotatable bonds is 9. The Morgan fingerprint density at radius 1 is 1.13 bits per heavy atom. The maximum Gasteiger partial charge on any atom is 0.287 e. The molecular formula is C23H39N5O3. The first-order valence-electron chi connectivity index (χ1n) is 11.7. The lowest BCUT2D eigenvalue weighted by Crippen LogP contribution is -2.51. The van der Waals surface area contributed by atoms with E-state index in [9.17, 15) is 4.79 Å². The van der Waals surface area contributed by atoms with E-state index in [2.05, 4.69) is 25.8 Å². The smallest absolute Gasteiger partial charge is 0.287 e. The number of furan rings is 1. The fourth-order valence-corrected chi connectivity index (χ4v) is 4.60. The molecule has 1 saturated carbocycles. The summed E-state index contributed by atoms with van der Waals surface area (Å²) in [5, 5.41) is 9.86. The molecule has 2 heterocycles. The zero-order valence-corrected chi connectivity index (χ0v) is 19.2. The van der Waals surface area contributed by atoms with Crippen LogP contribution in [0.1, 0.15) is 54.6 Å². The topological polar surface area (TPSA) is 91.1 Å². The highest BCUT2D eigenvalue weighted by Crippen LogP contribution is 2.36. The third-order valence-corrected chi connectivity index (χ3v) is 6.43. The number of nitrogens with one attached hydrogen (secondary N) is 3. The van der Waals surface area contributed by atoms with E-state index in [1.165, 1.54) is 32.1 Å². The van der Waals surface area contributed by atoms with Crippen molar-refractivity contribution in [2.45, 2.75) is 45.4 Å². The number of aliphatic imine (C=N–C) groups is 1. The molecule has 2 fully saturated rings. The molecule has 1 aromatic heterocycles. The highest BCUT2D eigenvalue weighted by Gasteiger charge is 2.34. The molecule has 0 atom stereocenters. The van der Waals surface area contributed by atoms with Gasteiger partial charge < -0.3 is 25.1 Å². The van der Waals surface area contributed by atoms with E-state index in [-0.39, 0.29) is 5.91 Å². The summed E-state index contributed by atoms with van der Waals surface area (Å²) in [6, 6.07) is 1.80. The molecule has 1 aromatic rings. The summed E-state index contributed by atoms with van der Waals surface area (Å²) in [5.74, 6) is 1.07. The minimum atomic E-state index is -0.160.